The highest BCUT2D eigenvalue weighted by atomic mass is 32.2. The average Bonchev–Trinajstić information content (AvgIpc) is 3.57. The second kappa shape index (κ2) is 9.41. The van der Waals surface area contributed by atoms with Gasteiger partial charge < -0.3 is 24.3 Å². The lowest BCUT2D eigenvalue weighted by atomic mass is 10.2. The largest absolute Gasteiger partial charge is 0.454 e. The quantitative estimate of drug-likeness (QED) is 0.455. The van der Waals surface area contributed by atoms with E-state index in [9.17, 15) is 14.4 Å². The number of carbonyl (C=O) groups is 3. The molecule has 0 spiro atoms. The van der Waals surface area contributed by atoms with Crippen LogP contribution >= 0.6 is 35.7 Å². The van der Waals surface area contributed by atoms with Gasteiger partial charge in [-0.2, -0.15) is 0 Å². The van der Waals surface area contributed by atoms with Gasteiger partial charge in [0.1, 0.15) is 4.32 Å². The van der Waals surface area contributed by atoms with Gasteiger partial charge in [0.25, 0.3) is 17.1 Å². The van der Waals surface area contributed by atoms with Gasteiger partial charge >= 0.3 is 0 Å². The van der Waals surface area contributed by atoms with Gasteiger partial charge in [-0.25, -0.2) is 0 Å². The number of fused-ring (bicyclic) bond motifs is 2. The van der Waals surface area contributed by atoms with Crippen molar-refractivity contribution < 1.29 is 33.3 Å². The minimum absolute atomic E-state index is 0.155. The normalized spacial score (nSPS) is 19.9. The molecule has 34 heavy (non-hydrogen) atoms. The fourth-order valence-electron chi connectivity index (χ4n) is 3.15. The summed E-state index contributed by atoms with van der Waals surface area (Å²) in [7, 11) is 0. The van der Waals surface area contributed by atoms with Crippen LogP contribution in [-0.4, -0.2) is 35.0 Å². The molecule has 4 heterocycles. The molecule has 3 amide bonds. The van der Waals surface area contributed by atoms with Crippen molar-refractivity contribution in [2.75, 3.05) is 13.6 Å². The maximum Gasteiger partial charge on any atom is 0.290 e. The Morgan fingerprint density at radius 3 is 1.68 bits per heavy atom. The Morgan fingerprint density at radius 1 is 0.706 bits per heavy atom. The first-order valence-electron chi connectivity index (χ1n) is 9.73. The van der Waals surface area contributed by atoms with Gasteiger partial charge in [-0.3, -0.25) is 19.7 Å². The molecule has 12 heteroatoms. The molecule has 2 saturated heterocycles. The Bertz CT molecular complexity index is 1210. The molecule has 2 N–H and O–H groups in total. The summed E-state index contributed by atoms with van der Waals surface area (Å²) in [6, 6.07) is 10.9. The predicted octanol–water partition coefficient (Wildman–Crippen LogP) is 3.64. The van der Waals surface area contributed by atoms with Crippen LogP contribution < -0.4 is 29.6 Å². The van der Waals surface area contributed by atoms with Crippen LogP contribution in [0.25, 0.3) is 12.2 Å². The number of hydrogen-bond donors (Lipinski definition) is 2. The Hall–Kier alpha value is -3.48. The van der Waals surface area contributed by atoms with Crippen molar-refractivity contribution in [2.24, 2.45) is 0 Å². The van der Waals surface area contributed by atoms with Gasteiger partial charge in [0.2, 0.25) is 13.6 Å². The molecular weight excluding hydrogens is 500 g/mol. The number of hydrogen-bond acceptors (Lipinski definition) is 10. The Morgan fingerprint density at radius 2 is 1.21 bits per heavy atom. The molecule has 0 unspecified atom stereocenters. The summed E-state index contributed by atoms with van der Waals surface area (Å²) < 4.78 is 21.4. The fraction of sp³-hybridized carbons (Fsp3) is 0.0909. The molecular formula is C22H14N2O7S3. The molecule has 0 bridgehead atoms. The lowest BCUT2D eigenvalue weighted by Gasteiger charge is -1.98. The number of ether oxygens (including phenoxy) is 4. The van der Waals surface area contributed by atoms with Crippen LogP contribution in [-0.2, 0) is 9.59 Å². The van der Waals surface area contributed by atoms with Gasteiger partial charge in [-0.1, -0.05) is 36.1 Å². The van der Waals surface area contributed by atoms with Crippen LogP contribution in [0, 0.1) is 0 Å². The van der Waals surface area contributed by atoms with Gasteiger partial charge in [-0.15, -0.1) is 0 Å². The van der Waals surface area contributed by atoms with E-state index in [1.807, 2.05) is 18.2 Å². The molecule has 0 saturated carbocycles. The van der Waals surface area contributed by atoms with E-state index < -0.39 is 0 Å². The zero-order valence-corrected chi connectivity index (χ0v) is 19.6. The van der Waals surface area contributed by atoms with Gasteiger partial charge in [0.05, 0.1) is 9.81 Å². The third kappa shape index (κ3) is 4.88. The van der Waals surface area contributed by atoms with Crippen LogP contribution in [0.5, 0.6) is 23.0 Å². The van der Waals surface area contributed by atoms with E-state index in [4.69, 9.17) is 31.2 Å². The fourth-order valence-corrected chi connectivity index (χ4v) is 4.88. The smallest absolute Gasteiger partial charge is 0.290 e. The maximum atomic E-state index is 11.5. The second-order valence-corrected chi connectivity index (χ2v) is 9.66. The molecule has 2 aromatic carbocycles. The van der Waals surface area contributed by atoms with Crippen LogP contribution in [0.3, 0.4) is 0 Å². The number of benzene rings is 2. The number of amides is 3. The second-order valence-electron chi connectivity index (χ2n) is 6.93. The number of nitrogens with one attached hydrogen (secondary N) is 2. The summed E-state index contributed by atoms with van der Waals surface area (Å²) in [5, 5.41) is 4.43. The molecule has 0 radical (unpaired) electrons. The van der Waals surface area contributed by atoms with Crippen molar-refractivity contribution in [1.82, 2.24) is 10.6 Å². The topological polar surface area (TPSA) is 112 Å². The molecule has 0 aliphatic carbocycles. The van der Waals surface area contributed by atoms with Crippen molar-refractivity contribution in [3.63, 3.8) is 0 Å². The van der Waals surface area contributed by atoms with E-state index >= 15 is 0 Å². The van der Waals surface area contributed by atoms with Gasteiger partial charge in [0, 0.05) is 0 Å². The molecule has 0 atom stereocenters. The number of thiocarbonyl (C=S) groups is 1. The van der Waals surface area contributed by atoms with Crippen molar-refractivity contribution in [1.29, 1.82) is 0 Å². The van der Waals surface area contributed by atoms with Crippen LogP contribution in [0.15, 0.2) is 46.2 Å². The molecule has 4 aliphatic heterocycles. The van der Waals surface area contributed by atoms with E-state index in [-0.39, 0.29) is 30.6 Å². The Labute approximate surface area is 206 Å². The molecule has 172 valence electrons. The van der Waals surface area contributed by atoms with Crippen LogP contribution in [0.2, 0.25) is 0 Å². The molecule has 2 aromatic rings. The molecule has 4 aliphatic rings. The van der Waals surface area contributed by atoms with Crippen molar-refractivity contribution in [2.45, 2.75) is 0 Å². The first-order chi connectivity index (χ1) is 16.4. The summed E-state index contributed by atoms with van der Waals surface area (Å²) in [5.41, 5.74) is 1.68. The molecule has 0 aromatic heterocycles. The van der Waals surface area contributed by atoms with E-state index in [0.29, 0.717) is 31.4 Å². The molecule has 6 rings (SSSR count). The zero-order valence-electron chi connectivity index (χ0n) is 17.1. The predicted molar refractivity (Wildman–Crippen MR) is 131 cm³/mol. The van der Waals surface area contributed by atoms with Crippen molar-refractivity contribution in [3.8, 4) is 23.0 Å². The first-order valence-corrected chi connectivity index (χ1v) is 11.8. The Balaban J connectivity index is 0.000000142. The summed E-state index contributed by atoms with van der Waals surface area (Å²) in [6.07, 6.45) is 3.42. The summed E-state index contributed by atoms with van der Waals surface area (Å²) >= 11 is 7.07. The van der Waals surface area contributed by atoms with Crippen molar-refractivity contribution in [3.05, 3.63) is 57.3 Å². The third-order valence-electron chi connectivity index (χ3n) is 4.67. The minimum Gasteiger partial charge on any atom is -0.454 e. The third-order valence-corrected chi connectivity index (χ3v) is 6.65. The monoisotopic (exact) mass is 514 g/mol. The van der Waals surface area contributed by atoms with Gasteiger partial charge in [-0.05, 0) is 59.3 Å². The van der Waals surface area contributed by atoms with E-state index in [0.717, 1.165) is 28.6 Å². The molecule has 9 nitrogen and oxygen atoms in total. The summed E-state index contributed by atoms with van der Waals surface area (Å²) in [6.45, 7) is 0.456. The zero-order chi connectivity index (χ0) is 23.7. The van der Waals surface area contributed by atoms with E-state index in [2.05, 4.69) is 10.6 Å². The van der Waals surface area contributed by atoms with Crippen LogP contribution in [0.1, 0.15) is 11.1 Å². The maximum absolute atomic E-state index is 11.5. The SMILES string of the molecule is O=C1NC(=O)C(=Cc2ccc3c(c2)OCO3)S1.O=C1NC(=S)SC1=Cc1ccc2c(c1)OCO2. The number of thioether (sulfide) groups is 2. The minimum atomic E-state index is -0.363. The lowest BCUT2D eigenvalue weighted by Crippen LogP contribution is -2.17. The first kappa shape index (κ1) is 22.3. The molecule has 2 fully saturated rings. The number of rotatable bonds is 2. The summed E-state index contributed by atoms with van der Waals surface area (Å²) in [4.78, 5) is 34.8. The Kier molecular flexibility index (Phi) is 6.18. The highest BCUT2D eigenvalue weighted by molar-refractivity contribution is 8.26. The standard InChI is InChI=1S/C11H7NO4S.C11H7NO3S2/c13-10-9(17-11(14)12-10)4-6-1-2-7-8(3-6)16-5-15-7;13-10-9(17-11(16)12-10)4-6-1-2-7-8(3-6)15-5-14-7/h1-4H,5H2,(H,12,13,14);1-4H,5H2,(H,12,13,16). The lowest BCUT2D eigenvalue weighted by molar-refractivity contribution is -0.116. The van der Waals surface area contributed by atoms with Crippen molar-refractivity contribution >= 4 is 69.3 Å². The van der Waals surface area contributed by atoms with E-state index in [1.165, 1.54) is 11.8 Å². The van der Waals surface area contributed by atoms with Crippen LogP contribution in [0.4, 0.5) is 4.79 Å². The number of carbonyl (C=O) groups excluding carboxylic acids is 3. The van der Waals surface area contributed by atoms with E-state index in [1.54, 1.807) is 30.4 Å². The average molecular weight is 515 g/mol. The highest BCUT2D eigenvalue weighted by Gasteiger charge is 2.25. The summed E-state index contributed by atoms with van der Waals surface area (Å²) in [5.74, 6) is 2.24. The highest BCUT2D eigenvalue weighted by Crippen LogP contribution is 2.35. The number of imide groups is 1. The van der Waals surface area contributed by atoms with Gasteiger partial charge in [0.15, 0.2) is 23.0 Å².